The first-order chi connectivity index (χ1) is 6.33. The van der Waals surface area contributed by atoms with Crippen molar-refractivity contribution in [2.45, 2.75) is 25.3 Å². The molecule has 1 aliphatic rings. The zero-order valence-electron chi connectivity index (χ0n) is 8.97. The summed E-state index contributed by atoms with van der Waals surface area (Å²) in [6.45, 7) is 4.81. The monoisotopic (exact) mass is 185 g/mol. The number of nitrogens with zero attached hydrogens (tertiary/aromatic N) is 1. The van der Waals surface area contributed by atoms with Crippen molar-refractivity contribution in [2.75, 3.05) is 40.3 Å². The number of rotatable bonds is 6. The lowest BCUT2D eigenvalue weighted by Gasteiger charge is -2.12. The minimum absolute atomic E-state index is 0.750. The van der Waals surface area contributed by atoms with Crippen molar-refractivity contribution in [3.63, 3.8) is 0 Å². The normalized spacial score (nSPS) is 24.0. The maximum Gasteiger partial charge on any atom is 0.0207 e. The molecule has 0 spiro atoms. The first kappa shape index (κ1) is 11.0. The Morgan fingerprint density at radius 3 is 2.69 bits per heavy atom. The lowest BCUT2D eigenvalue weighted by molar-refractivity contribution is 0.397. The molecule has 0 bridgehead atoms. The number of unbranched alkanes of at least 4 members (excludes halogenated alkanes) is 1. The molecule has 0 aromatic carbocycles. The number of nitrogens with one attached hydrogen (secondary N) is 2. The van der Waals surface area contributed by atoms with Crippen LogP contribution in [0.2, 0.25) is 0 Å². The Hall–Kier alpha value is -0.120. The number of hydrogen-bond donors (Lipinski definition) is 2. The van der Waals surface area contributed by atoms with Gasteiger partial charge in [-0.25, -0.2) is 0 Å². The molecule has 0 amide bonds. The van der Waals surface area contributed by atoms with Crippen molar-refractivity contribution in [1.82, 2.24) is 15.5 Å². The minimum atomic E-state index is 0.750. The van der Waals surface area contributed by atoms with E-state index in [2.05, 4.69) is 22.6 Å². The fourth-order valence-corrected chi connectivity index (χ4v) is 1.83. The molecule has 0 aromatic heterocycles. The highest BCUT2D eigenvalue weighted by molar-refractivity contribution is 4.78. The van der Waals surface area contributed by atoms with Crippen LogP contribution in [-0.4, -0.2) is 51.2 Å². The zero-order chi connectivity index (χ0) is 9.52. The van der Waals surface area contributed by atoms with E-state index in [0.29, 0.717) is 0 Å². The van der Waals surface area contributed by atoms with E-state index >= 15 is 0 Å². The highest BCUT2D eigenvalue weighted by atomic mass is 15.2. The standard InChI is InChI=1S/C10H23N3/c1-11-6-3-4-7-12-10-5-8-13(2)9-10/h10-12H,3-9H2,1-2H3. The summed E-state index contributed by atoms with van der Waals surface area (Å²) in [6.07, 6.45) is 3.90. The molecule has 1 unspecified atom stereocenters. The van der Waals surface area contributed by atoms with Gasteiger partial charge >= 0.3 is 0 Å². The van der Waals surface area contributed by atoms with Crippen LogP contribution in [0.1, 0.15) is 19.3 Å². The molecule has 0 radical (unpaired) electrons. The van der Waals surface area contributed by atoms with E-state index in [1.165, 1.54) is 38.9 Å². The predicted octanol–water partition coefficient (Wildman–Crippen LogP) is 0.280. The zero-order valence-corrected chi connectivity index (χ0v) is 8.97. The first-order valence-corrected chi connectivity index (χ1v) is 5.39. The van der Waals surface area contributed by atoms with E-state index < -0.39 is 0 Å². The fraction of sp³-hybridized carbons (Fsp3) is 1.00. The van der Waals surface area contributed by atoms with Gasteiger partial charge in [0.15, 0.2) is 0 Å². The molecule has 3 nitrogen and oxygen atoms in total. The van der Waals surface area contributed by atoms with Crippen LogP contribution in [0, 0.1) is 0 Å². The largest absolute Gasteiger partial charge is 0.320 e. The molecule has 1 rings (SSSR count). The summed E-state index contributed by atoms with van der Waals surface area (Å²) >= 11 is 0. The Bertz CT molecular complexity index is 127. The quantitative estimate of drug-likeness (QED) is 0.582. The third-order valence-corrected chi connectivity index (χ3v) is 2.68. The second-order valence-electron chi connectivity index (χ2n) is 4.01. The Morgan fingerprint density at radius 2 is 2.08 bits per heavy atom. The molecule has 1 aliphatic heterocycles. The Morgan fingerprint density at radius 1 is 1.31 bits per heavy atom. The summed E-state index contributed by atoms with van der Waals surface area (Å²) in [4.78, 5) is 2.39. The molecule has 78 valence electrons. The second kappa shape index (κ2) is 6.35. The van der Waals surface area contributed by atoms with Crippen LogP contribution in [-0.2, 0) is 0 Å². The van der Waals surface area contributed by atoms with Crippen LogP contribution in [0.5, 0.6) is 0 Å². The SMILES string of the molecule is CNCCCCNC1CCN(C)C1. The van der Waals surface area contributed by atoms with Crippen molar-refractivity contribution >= 4 is 0 Å². The average Bonchev–Trinajstić information content (AvgIpc) is 2.51. The molecular weight excluding hydrogens is 162 g/mol. The van der Waals surface area contributed by atoms with Crippen LogP contribution in [0.4, 0.5) is 0 Å². The van der Waals surface area contributed by atoms with E-state index in [9.17, 15) is 0 Å². The van der Waals surface area contributed by atoms with Gasteiger partial charge in [0, 0.05) is 12.6 Å². The molecule has 1 atom stereocenters. The highest BCUT2D eigenvalue weighted by Gasteiger charge is 2.17. The van der Waals surface area contributed by atoms with Gasteiger partial charge in [-0.05, 0) is 53.0 Å². The molecule has 3 heteroatoms. The topological polar surface area (TPSA) is 27.3 Å². The lowest BCUT2D eigenvalue weighted by atomic mass is 10.2. The first-order valence-electron chi connectivity index (χ1n) is 5.39. The molecule has 2 N–H and O–H groups in total. The van der Waals surface area contributed by atoms with Gasteiger partial charge in [-0.3, -0.25) is 0 Å². The fourth-order valence-electron chi connectivity index (χ4n) is 1.83. The summed E-state index contributed by atoms with van der Waals surface area (Å²) in [7, 11) is 4.21. The summed E-state index contributed by atoms with van der Waals surface area (Å²) in [6, 6.07) is 0.750. The molecular formula is C10H23N3. The second-order valence-corrected chi connectivity index (χ2v) is 4.01. The van der Waals surface area contributed by atoms with E-state index in [4.69, 9.17) is 0 Å². The van der Waals surface area contributed by atoms with Crippen molar-refractivity contribution < 1.29 is 0 Å². The van der Waals surface area contributed by atoms with Gasteiger partial charge in [0.1, 0.15) is 0 Å². The third-order valence-electron chi connectivity index (χ3n) is 2.68. The highest BCUT2D eigenvalue weighted by Crippen LogP contribution is 2.05. The molecule has 1 fully saturated rings. The summed E-state index contributed by atoms with van der Waals surface area (Å²) < 4.78 is 0. The van der Waals surface area contributed by atoms with Crippen LogP contribution in [0.15, 0.2) is 0 Å². The van der Waals surface area contributed by atoms with Gasteiger partial charge < -0.3 is 15.5 Å². The van der Waals surface area contributed by atoms with Crippen molar-refractivity contribution in [3.8, 4) is 0 Å². The van der Waals surface area contributed by atoms with Gasteiger partial charge in [-0.2, -0.15) is 0 Å². The van der Waals surface area contributed by atoms with Crippen LogP contribution in [0.3, 0.4) is 0 Å². The van der Waals surface area contributed by atoms with E-state index in [1.807, 2.05) is 7.05 Å². The summed E-state index contributed by atoms with van der Waals surface area (Å²) in [5, 5.41) is 6.77. The molecule has 1 saturated heterocycles. The van der Waals surface area contributed by atoms with Crippen LogP contribution >= 0.6 is 0 Å². The predicted molar refractivity (Wildman–Crippen MR) is 57.1 cm³/mol. The average molecular weight is 185 g/mol. The van der Waals surface area contributed by atoms with Gasteiger partial charge in [0.2, 0.25) is 0 Å². The van der Waals surface area contributed by atoms with Gasteiger partial charge in [0.25, 0.3) is 0 Å². The van der Waals surface area contributed by atoms with Crippen molar-refractivity contribution in [3.05, 3.63) is 0 Å². The van der Waals surface area contributed by atoms with E-state index in [-0.39, 0.29) is 0 Å². The lowest BCUT2D eigenvalue weighted by Crippen LogP contribution is -2.32. The summed E-state index contributed by atoms with van der Waals surface area (Å²) in [5.74, 6) is 0. The van der Waals surface area contributed by atoms with Crippen molar-refractivity contribution in [2.24, 2.45) is 0 Å². The maximum atomic E-state index is 3.60. The van der Waals surface area contributed by atoms with Gasteiger partial charge in [-0.15, -0.1) is 0 Å². The van der Waals surface area contributed by atoms with Crippen LogP contribution in [0.25, 0.3) is 0 Å². The molecule has 1 heterocycles. The Balaban J connectivity index is 1.88. The van der Waals surface area contributed by atoms with Gasteiger partial charge in [0.05, 0.1) is 0 Å². The van der Waals surface area contributed by atoms with E-state index in [0.717, 1.165) is 12.6 Å². The molecule has 0 aliphatic carbocycles. The maximum absolute atomic E-state index is 3.60. The van der Waals surface area contributed by atoms with Gasteiger partial charge in [-0.1, -0.05) is 0 Å². The minimum Gasteiger partial charge on any atom is -0.320 e. The molecule has 0 aromatic rings. The van der Waals surface area contributed by atoms with Crippen LogP contribution < -0.4 is 10.6 Å². The molecule has 0 saturated carbocycles. The third kappa shape index (κ3) is 4.60. The van der Waals surface area contributed by atoms with E-state index in [1.54, 1.807) is 0 Å². The smallest absolute Gasteiger partial charge is 0.0207 e. The number of likely N-dealkylation sites (N-methyl/N-ethyl adjacent to an activating group) is 1. The Kier molecular flexibility index (Phi) is 5.35. The Labute approximate surface area is 81.9 Å². The number of likely N-dealkylation sites (tertiary alicyclic amines) is 1. The number of hydrogen-bond acceptors (Lipinski definition) is 3. The van der Waals surface area contributed by atoms with Crippen molar-refractivity contribution in [1.29, 1.82) is 0 Å². The molecule has 13 heavy (non-hydrogen) atoms. The summed E-state index contributed by atoms with van der Waals surface area (Å²) in [5.41, 5.74) is 0.